The number of carbonyl (C=O) groups excluding carboxylic acids is 1. The first-order chi connectivity index (χ1) is 15.2. The minimum absolute atomic E-state index is 0.00139. The Bertz CT molecular complexity index is 1060. The fraction of sp³-hybridized carbons (Fsp3) is 0.316. The van der Waals surface area contributed by atoms with Gasteiger partial charge in [-0.15, -0.1) is 0 Å². The summed E-state index contributed by atoms with van der Waals surface area (Å²) in [5, 5.41) is 11.8. The fourth-order valence-corrected chi connectivity index (χ4v) is 5.48. The summed E-state index contributed by atoms with van der Waals surface area (Å²) in [5.74, 6) is -0.754. The molecule has 2 aromatic rings. The van der Waals surface area contributed by atoms with Gasteiger partial charge in [-0.05, 0) is 30.7 Å². The second kappa shape index (κ2) is 10.6. The number of hydrazine groups is 1. The molecule has 1 aliphatic heterocycles. The summed E-state index contributed by atoms with van der Waals surface area (Å²) >= 11 is 6.57. The molecule has 5 atom stereocenters. The maximum atomic E-state index is 12.9. The number of anilines is 1. The highest BCUT2D eigenvalue weighted by atomic mass is 35.5. The Balaban J connectivity index is 2.18. The van der Waals surface area contributed by atoms with Crippen molar-refractivity contribution in [2.75, 3.05) is 11.6 Å². The van der Waals surface area contributed by atoms with Gasteiger partial charge in [0.25, 0.3) is 0 Å². The number of esters is 1. The zero-order valence-corrected chi connectivity index (χ0v) is 19.8. The van der Waals surface area contributed by atoms with Gasteiger partial charge in [0.2, 0.25) is 0 Å². The Morgan fingerprint density at radius 1 is 1.16 bits per heavy atom. The highest BCUT2D eigenvalue weighted by Gasteiger charge is 2.50. The molecule has 13 heteroatoms. The molecule has 1 heterocycles. The summed E-state index contributed by atoms with van der Waals surface area (Å²) in [7, 11) is 0. The molecule has 0 amide bonds. The molecule has 0 saturated carbocycles. The first kappa shape index (κ1) is 25.1. The molecule has 1 aliphatic rings. The van der Waals surface area contributed by atoms with E-state index in [0.29, 0.717) is 26.9 Å². The van der Waals surface area contributed by atoms with Crippen LogP contribution in [-0.2, 0) is 38.2 Å². The Hall–Kier alpha value is -1.57. The van der Waals surface area contributed by atoms with Crippen molar-refractivity contribution in [3.8, 4) is 0 Å². The lowest BCUT2D eigenvalue weighted by molar-refractivity contribution is -0.150. The molecular weight excluding hydrogens is 503 g/mol. The number of benzene rings is 2. The normalized spacial score (nSPS) is 19.8. The van der Waals surface area contributed by atoms with Crippen LogP contribution in [0.15, 0.2) is 42.5 Å². The lowest BCUT2D eigenvalue weighted by atomic mass is 10.1. The summed E-state index contributed by atoms with van der Waals surface area (Å²) in [6.45, 7) is 1.64. The third-order valence-electron chi connectivity index (χ3n) is 4.82. The van der Waals surface area contributed by atoms with Gasteiger partial charge in [0, 0.05) is 15.6 Å². The molecule has 0 spiro atoms. The number of rotatable bonds is 8. The predicted octanol–water partition coefficient (Wildman–Crippen LogP) is 2.92. The molecule has 3 rings (SSSR count). The smallest absolute Gasteiger partial charge is 0.329 e. The average Bonchev–Trinajstić information content (AvgIpc) is 3.04. The third kappa shape index (κ3) is 5.00. The van der Waals surface area contributed by atoms with Gasteiger partial charge < -0.3 is 18.9 Å². The van der Waals surface area contributed by atoms with Crippen LogP contribution in [0.1, 0.15) is 24.1 Å². The van der Waals surface area contributed by atoms with E-state index in [-0.39, 0.29) is 13.2 Å². The minimum atomic E-state index is -2.88. The van der Waals surface area contributed by atoms with Gasteiger partial charge in [-0.1, -0.05) is 47.5 Å². The number of fused-ring (bicyclic) bond motifs is 1. The van der Waals surface area contributed by atoms with E-state index in [2.05, 4.69) is 0 Å². The largest absolute Gasteiger partial charge is 0.465 e. The highest BCUT2D eigenvalue weighted by molar-refractivity contribution is 7.83. The number of aliphatic hydroxyl groups excluding tert-OH is 1. The average molecular weight is 523 g/mol. The van der Waals surface area contributed by atoms with E-state index in [9.17, 15) is 27.4 Å². The van der Waals surface area contributed by atoms with E-state index in [1.165, 1.54) is 11.1 Å². The number of hydrogen-bond acceptors (Lipinski definition) is 7. The van der Waals surface area contributed by atoms with Crippen LogP contribution in [0.2, 0.25) is 10.0 Å². The van der Waals surface area contributed by atoms with Gasteiger partial charge in [-0.3, -0.25) is 5.01 Å². The van der Waals surface area contributed by atoms with Crippen LogP contribution in [0.25, 0.3) is 0 Å². The maximum Gasteiger partial charge on any atom is 0.329 e. The standard InChI is InChI=1S/C19H20Cl2N2O7S2/c1-2-30-18(24)16-13-5-3-4-6-15(13)22(10-11-7-8-12(20)9-14(11)21)23(16)17(31(26)27)19(25)32(28)29/h3-9,16-17,19,25H,2,10H2,1H3,(H,26,27)(H,28,29). The summed E-state index contributed by atoms with van der Waals surface area (Å²) in [6, 6.07) is 10.2. The number of ether oxygens (including phenoxy) is 1. The van der Waals surface area contributed by atoms with Gasteiger partial charge in [0.05, 0.1) is 18.8 Å². The van der Waals surface area contributed by atoms with Crippen molar-refractivity contribution in [2.24, 2.45) is 0 Å². The van der Waals surface area contributed by atoms with E-state index < -0.39 is 45.0 Å². The monoisotopic (exact) mass is 522 g/mol. The van der Waals surface area contributed by atoms with E-state index in [0.717, 1.165) is 5.01 Å². The van der Waals surface area contributed by atoms with Crippen LogP contribution in [-0.4, -0.2) is 51.0 Å². The first-order valence-corrected chi connectivity index (χ1v) is 12.4. The Kier molecular flexibility index (Phi) is 8.28. The minimum Gasteiger partial charge on any atom is -0.465 e. The Morgan fingerprint density at radius 3 is 2.44 bits per heavy atom. The van der Waals surface area contributed by atoms with E-state index in [4.69, 9.17) is 27.9 Å². The van der Waals surface area contributed by atoms with Crippen molar-refractivity contribution in [3.63, 3.8) is 0 Å². The summed E-state index contributed by atoms with van der Waals surface area (Å²) < 4.78 is 48.5. The van der Waals surface area contributed by atoms with Crippen LogP contribution < -0.4 is 5.01 Å². The highest BCUT2D eigenvalue weighted by Crippen LogP contribution is 2.44. The third-order valence-corrected chi connectivity index (χ3v) is 7.13. The lowest BCUT2D eigenvalue weighted by Crippen LogP contribution is -2.56. The summed E-state index contributed by atoms with van der Waals surface area (Å²) in [4.78, 5) is 12.9. The SMILES string of the molecule is CCOC(=O)C1c2ccccc2N(Cc2ccc(Cl)cc2Cl)N1C(C(O)S(=O)O)S(=O)O. The number of hydrogen-bond donors (Lipinski definition) is 3. The number of nitrogens with zero attached hydrogens (tertiary/aromatic N) is 2. The van der Waals surface area contributed by atoms with E-state index >= 15 is 0 Å². The van der Waals surface area contributed by atoms with Crippen LogP contribution in [0.5, 0.6) is 0 Å². The number of aliphatic hydroxyl groups is 1. The van der Waals surface area contributed by atoms with Crippen molar-refractivity contribution in [1.29, 1.82) is 0 Å². The molecule has 174 valence electrons. The molecule has 32 heavy (non-hydrogen) atoms. The molecule has 0 fully saturated rings. The van der Waals surface area contributed by atoms with Crippen LogP contribution in [0.3, 0.4) is 0 Å². The maximum absolute atomic E-state index is 12.9. The number of halogens is 2. The van der Waals surface area contributed by atoms with Gasteiger partial charge in [-0.2, -0.15) is 5.01 Å². The second-order valence-corrected chi connectivity index (χ2v) is 9.63. The van der Waals surface area contributed by atoms with Gasteiger partial charge in [0.15, 0.2) is 39.0 Å². The molecule has 0 aliphatic carbocycles. The van der Waals surface area contributed by atoms with Gasteiger partial charge in [0.1, 0.15) is 0 Å². The molecule has 5 unspecified atom stereocenters. The van der Waals surface area contributed by atoms with Crippen LogP contribution >= 0.6 is 23.2 Å². The molecule has 0 radical (unpaired) electrons. The molecular formula is C19H20Cl2N2O7S2. The number of carbonyl (C=O) groups is 1. The Labute approximate surface area is 199 Å². The van der Waals surface area contributed by atoms with Gasteiger partial charge >= 0.3 is 5.97 Å². The van der Waals surface area contributed by atoms with Gasteiger partial charge in [-0.25, -0.2) is 13.2 Å². The van der Waals surface area contributed by atoms with Crippen molar-refractivity contribution < 1.29 is 32.2 Å². The van der Waals surface area contributed by atoms with Crippen molar-refractivity contribution >= 4 is 57.0 Å². The predicted molar refractivity (Wildman–Crippen MR) is 122 cm³/mol. The molecule has 2 aromatic carbocycles. The van der Waals surface area contributed by atoms with Crippen molar-refractivity contribution in [1.82, 2.24) is 5.01 Å². The topological polar surface area (TPSA) is 128 Å². The van der Waals surface area contributed by atoms with Crippen molar-refractivity contribution in [2.45, 2.75) is 30.3 Å². The van der Waals surface area contributed by atoms with Crippen LogP contribution in [0.4, 0.5) is 5.69 Å². The molecule has 0 saturated heterocycles. The van der Waals surface area contributed by atoms with E-state index in [1.54, 1.807) is 43.3 Å². The zero-order valence-electron chi connectivity index (χ0n) is 16.6. The first-order valence-electron chi connectivity index (χ1n) is 9.30. The zero-order chi connectivity index (χ0) is 23.6. The summed E-state index contributed by atoms with van der Waals surface area (Å²) in [5.41, 5.74) is -0.705. The molecule has 3 N–H and O–H groups in total. The number of para-hydroxylation sites is 1. The second-order valence-electron chi connectivity index (χ2n) is 6.72. The lowest BCUT2D eigenvalue weighted by Gasteiger charge is -2.38. The quantitative estimate of drug-likeness (QED) is 0.354. The Morgan fingerprint density at radius 2 is 1.84 bits per heavy atom. The molecule has 9 nitrogen and oxygen atoms in total. The fourth-order valence-electron chi connectivity index (χ4n) is 3.50. The summed E-state index contributed by atoms with van der Waals surface area (Å²) in [6.07, 6.45) is 0. The molecule has 0 aromatic heterocycles. The van der Waals surface area contributed by atoms with E-state index in [1.807, 2.05) is 0 Å². The molecule has 0 bridgehead atoms. The van der Waals surface area contributed by atoms with Crippen LogP contribution in [0, 0.1) is 0 Å². The van der Waals surface area contributed by atoms with Crippen molar-refractivity contribution in [3.05, 3.63) is 63.6 Å².